The molecule has 0 aliphatic carbocycles. The van der Waals surface area contributed by atoms with Gasteiger partial charge in [-0.1, -0.05) is 15.9 Å². The first kappa shape index (κ1) is 11.5. The lowest BCUT2D eigenvalue weighted by molar-refractivity contribution is -0.139. The van der Waals surface area contributed by atoms with Crippen molar-refractivity contribution in [1.29, 1.82) is 0 Å². The highest BCUT2D eigenvalue weighted by atomic mass is 79.9. The lowest BCUT2D eigenvalue weighted by Gasteiger charge is -2.05. The number of carbonyl (C=O) groups excluding carboxylic acids is 1. The number of esters is 1. The van der Waals surface area contributed by atoms with Crippen LogP contribution in [0.25, 0.3) is 0 Å². The molecule has 1 atom stereocenters. The molecule has 0 radical (unpaired) electrons. The van der Waals surface area contributed by atoms with E-state index in [-0.39, 0.29) is 10.8 Å². The van der Waals surface area contributed by atoms with Crippen LogP contribution < -0.4 is 0 Å². The molecule has 1 aromatic rings. The van der Waals surface area contributed by atoms with Crippen LogP contribution in [0.2, 0.25) is 0 Å². The van der Waals surface area contributed by atoms with Gasteiger partial charge in [-0.3, -0.25) is 9.78 Å². The number of aromatic nitrogens is 2. The second-order valence-electron chi connectivity index (χ2n) is 2.35. The molecule has 0 spiro atoms. The van der Waals surface area contributed by atoms with E-state index in [9.17, 15) is 4.79 Å². The van der Waals surface area contributed by atoms with E-state index in [1.54, 1.807) is 18.6 Å². The van der Waals surface area contributed by atoms with Gasteiger partial charge in [0.2, 0.25) is 0 Å². The summed E-state index contributed by atoms with van der Waals surface area (Å²) in [6.45, 7) is 0. The van der Waals surface area contributed by atoms with E-state index < -0.39 is 0 Å². The highest BCUT2D eigenvalue weighted by molar-refractivity contribution is 9.10. The summed E-state index contributed by atoms with van der Waals surface area (Å²) in [7, 11) is 1.36. The number of halogens is 1. The van der Waals surface area contributed by atoms with Gasteiger partial charge in [0, 0.05) is 18.1 Å². The third kappa shape index (κ3) is 3.63. The molecule has 14 heavy (non-hydrogen) atoms. The van der Waals surface area contributed by atoms with Gasteiger partial charge in [-0.25, -0.2) is 4.98 Å². The van der Waals surface area contributed by atoms with Gasteiger partial charge in [0.25, 0.3) is 0 Å². The molecular weight excluding hydrogens is 268 g/mol. The first-order chi connectivity index (χ1) is 6.74. The van der Waals surface area contributed by atoms with Gasteiger partial charge in [-0.05, 0) is 0 Å². The predicted octanol–water partition coefficient (Wildman–Crippen LogP) is 1.51. The monoisotopic (exact) mass is 276 g/mol. The molecular formula is C8H9BrN2O2S. The Labute approximate surface area is 94.6 Å². The second-order valence-corrected chi connectivity index (χ2v) is 4.49. The number of carbonyl (C=O) groups is 1. The van der Waals surface area contributed by atoms with Crippen molar-refractivity contribution in [2.45, 2.75) is 9.85 Å². The number of nitrogens with zero attached hydrogens (tertiary/aromatic N) is 2. The van der Waals surface area contributed by atoms with Gasteiger partial charge in [-0.15, -0.1) is 11.8 Å². The van der Waals surface area contributed by atoms with Crippen molar-refractivity contribution in [2.24, 2.45) is 0 Å². The molecule has 0 aromatic carbocycles. The fraction of sp³-hybridized carbons (Fsp3) is 0.375. The topological polar surface area (TPSA) is 52.1 Å². The minimum absolute atomic E-state index is 0.276. The van der Waals surface area contributed by atoms with Crippen molar-refractivity contribution in [3.63, 3.8) is 0 Å². The Morgan fingerprint density at radius 1 is 1.71 bits per heavy atom. The molecule has 0 saturated carbocycles. The van der Waals surface area contributed by atoms with Crippen molar-refractivity contribution in [1.82, 2.24) is 9.97 Å². The van der Waals surface area contributed by atoms with E-state index >= 15 is 0 Å². The standard InChI is InChI=1S/C8H9BrN2O2S/c1-13-8(12)6(9)5-14-7-4-10-2-3-11-7/h2-4,6H,5H2,1H3. The molecule has 1 unspecified atom stereocenters. The van der Waals surface area contributed by atoms with E-state index in [4.69, 9.17) is 0 Å². The van der Waals surface area contributed by atoms with Crippen molar-refractivity contribution in [3.05, 3.63) is 18.6 Å². The fourth-order valence-electron chi connectivity index (χ4n) is 0.714. The molecule has 0 saturated heterocycles. The van der Waals surface area contributed by atoms with E-state index in [1.165, 1.54) is 18.9 Å². The summed E-state index contributed by atoms with van der Waals surface area (Å²) in [6, 6.07) is 0. The summed E-state index contributed by atoms with van der Waals surface area (Å²) in [4.78, 5) is 18.7. The number of methoxy groups -OCH3 is 1. The van der Waals surface area contributed by atoms with Gasteiger partial charge in [0.15, 0.2) is 0 Å². The van der Waals surface area contributed by atoms with Gasteiger partial charge in [-0.2, -0.15) is 0 Å². The van der Waals surface area contributed by atoms with Crippen LogP contribution in [0.1, 0.15) is 0 Å². The smallest absolute Gasteiger partial charge is 0.320 e. The summed E-state index contributed by atoms with van der Waals surface area (Å²) in [5.41, 5.74) is 0. The molecule has 0 fully saturated rings. The van der Waals surface area contributed by atoms with E-state index in [0.717, 1.165) is 5.03 Å². The van der Waals surface area contributed by atoms with Gasteiger partial charge in [0.05, 0.1) is 13.3 Å². The Bertz CT molecular complexity index is 297. The van der Waals surface area contributed by atoms with Crippen LogP contribution in [0.4, 0.5) is 0 Å². The highest BCUT2D eigenvalue weighted by Gasteiger charge is 2.15. The zero-order chi connectivity index (χ0) is 10.4. The third-order valence-corrected chi connectivity index (χ3v) is 3.51. The Morgan fingerprint density at radius 3 is 3.07 bits per heavy atom. The number of thioether (sulfide) groups is 1. The number of hydrogen-bond donors (Lipinski definition) is 0. The molecule has 6 heteroatoms. The van der Waals surface area contributed by atoms with Crippen LogP contribution >= 0.6 is 27.7 Å². The fourth-order valence-corrected chi connectivity index (χ4v) is 2.02. The molecule has 0 bridgehead atoms. The van der Waals surface area contributed by atoms with Crippen molar-refractivity contribution in [3.8, 4) is 0 Å². The molecule has 76 valence electrons. The maximum atomic E-state index is 11.0. The van der Waals surface area contributed by atoms with Gasteiger partial charge >= 0.3 is 5.97 Å². The predicted molar refractivity (Wildman–Crippen MR) is 57.5 cm³/mol. The van der Waals surface area contributed by atoms with Gasteiger partial charge in [0.1, 0.15) is 9.85 Å². The first-order valence-electron chi connectivity index (χ1n) is 3.84. The number of ether oxygens (including phenoxy) is 1. The van der Waals surface area contributed by atoms with Crippen molar-refractivity contribution >= 4 is 33.7 Å². The Kier molecular flexibility index (Phi) is 4.89. The quantitative estimate of drug-likeness (QED) is 0.474. The molecule has 1 heterocycles. The van der Waals surface area contributed by atoms with E-state index in [0.29, 0.717) is 5.75 Å². The highest BCUT2D eigenvalue weighted by Crippen LogP contribution is 2.18. The summed E-state index contributed by atoms with van der Waals surface area (Å²) in [5, 5.41) is 0.792. The third-order valence-electron chi connectivity index (χ3n) is 1.37. The van der Waals surface area contributed by atoms with Crippen LogP contribution in [0, 0.1) is 0 Å². The Hall–Kier alpha value is -0.620. The Balaban J connectivity index is 2.38. The van der Waals surface area contributed by atoms with Crippen LogP contribution in [-0.2, 0) is 9.53 Å². The maximum Gasteiger partial charge on any atom is 0.320 e. The molecule has 1 rings (SSSR count). The Morgan fingerprint density at radius 2 is 2.50 bits per heavy atom. The molecule has 4 nitrogen and oxygen atoms in total. The molecule has 0 N–H and O–H groups in total. The second kappa shape index (κ2) is 5.98. The zero-order valence-corrected chi connectivity index (χ0v) is 9.92. The normalized spacial score (nSPS) is 12.1. The minimum Gasteiger partial charge on any atom is -0.468 e. The number of rotatable bonds is 4. The molecule has 0 aliphatic heterocycles. The SMILES string of the molecule is COC(=O)C(Br)CSc1cnccn1. The van der Waals surface area contributed by atoms with Gasteiger partial charge < -0.3 is 4.74 Å². The van der Waals surface area contributed by atoms with Crippen LogP contribution in [0.3, 0.4) is 0 Å². The molecule has 0 aliphatic rings. The maximum absolute atomic E-state index is 11.0. The molecule has 1 aromatic heterocycles. The average Bonchev–Trinajstić information content (AvgIpc) is 2.26. The first-order valence-corrected chi connectivity index (χ1v) is 5.75. The summed E-state index contributed by atoms with van der Waals surface area (Å²) < 4.78 is 4.57. The average molecular weight is 277 g/mol. The largest absolute Gasteiger partial charge is 0.468 e. The van der Waals surface area contributed by atoms with Crippen molar-refractivity contribution in [2.75, 3.05) is 12.9 Å². The summed E-state index contributed by atoms with van der Waals surface area (Å²) in [5.74, 6) is 0.298. The van der Waals surface area contributed by atoms with E-state index in [2.05, 4.69) is 30.6 Å². The minimum atomic E-state index is -0.306. The number of alkyl halides is 1. The van der Waals surface area contributed by atoms with Crippen molar-refractivity contribution < 1.29 is 9.53 Å². The van der Waals surface area contributed by atoms with Crippen LogP contribution in [0.5, 0.6) is 0 Å². The number of hydrogen-bond acceptors (Lipinski definition) is 5. The summed E-state index contributed by atoms with van der Waals surface area (Å²) in [6.07, 6.45) is 4.88. The lowest BCUT2D eigenvalue weighted by Crippen LogP contribution is -2.17. The lowest BCUT2D eigenvalue weighted by atomic mass is 10.5. The zero-order valence-electron chi connectivity index (χ0n) is 7.51. The van der Waals surface area contributed by atoms with Crippen LogP contribution in [0.15, 0.2) is 23.6 Å². The van der Waals surface area contributed by atoms with Crippen LogP contribution in [-0.4, -0.2) is 33.6 Å². The molecule has 0 amide bonds. The van der Waals surface area contributed by atoms with E-state index in [1.807, 2.05) is 0 Å². The summed E-state index contributed by atoms with van der Waals surface area (Å²) >= 11 is 4.67.